The van der Waals surface area contributed by atoms with E-state index in [-0.39, 0.29) is 0 Å². The van der Waals surface area contributed by atoms with Gasteiger partial charge in [-0.3, -0.25) is 4.90 Å². The molecule has 0 aliphatic carbocycles. The molecule has 0 saturated heterocycles. The SMILES string of the molecule is CN(Cc1ccc(Cl)cc1)Cc1nccn1Cc1ccccc1. The molecule has 1 heterocycles. The maximum Gasteiger partial charge on any atom is 0.123 e. The minimum atomic E-state index is 0.773. The van der Waals surface area contributed by atoms with Crippen molar-refractivity contribution in [3.8, 4) is 0 Å². The summed E-state index contributed by atoms with van der Waals surface area (Å²) < 4.78 is 2.20. The van der Waals surface area contributed by atoms with Crippen molar-refractivity contribution in [2.45, 2.75) is 19.6 Å². The molecular formula is C19H20ClN3. The quantitative estimate of drug-likeness (QED) is 0.676. The van der Waals surface area contributed by atoms with Crippen LogP contribution < -0.4 is 0 Å². The van der Waals surface area contributed by atoms with Crippen molar-refractivity contribution in [3.05, 3.63) is 89.0 Å². The molecule has 0 N–H and O–H groups in total. The lowest BCUT2D eigenvalue weighted by Gasteiger charge is -2.17. The van der Waals surface area contributed by atoms with Gasteiger partial charge in [0.1, 0.15) is 5.82 Å². The van der Waals surface area contributed by atoms with Crippen molar-refractivity contribution in [2.75, 3.05) is 7.05 Å². The predicted octanol–water partition coefficient (Wildman–Crippen LogP) is 4.22. The van der Waals surface area contributed by atoms with Gasteiger partial charge in [0.05, 0.1) is 6.54 Å². The van der Waals surface area contributed by atoms with Crippen molar-refractivity contribution in [3.63, 3.8) is 0 Å². The fourth-order valence-electron chi connectivity index (χ4n) is 2.61. The zero-order valence-corrected chi connectivity index (χ0v) is 13.9. The summed E-state index contributed by atoms with van der Waals surface area (Å²) >= 11 is 5.93. The van der Waals surface area contributed by atoms with Crippen molar-refractivity contribution in [2.24, 2.45) is 0 Å². The van der Waals surface area contributed by atoms with Gasteiger partial charge in [-0.2, -0.15) is 0 Å². The van der Waals surface area contributed by atoms with Crippen LogP contribution in [0.3, 0.4) is 0 Å². The Morgan fingerprint density at radius 3 is 2.43 bits per heavy atom. The van der Waals surface area contributed by atoms with E-state index < -0.39 is 0 Å². The molecule has 118 valence electrons. The average molecular weight is 326 g/mol. The number of benzene rings is 2. The fourth-order valence-corrected chi connectivity index (χ4v) is 2.74. The van der Waals surface area contributed by atoms with Crippen LogP contribution in [-0.2, 0) is 19.6 Å². The van der Waals surface area contributed by atoms with Crippen LogP contribution in [0.5, 0.6) is 0 Å². The number of halogens is 1. The second-order valence-corrected chi connectivity index (χ2v) is 6.19. The molecule has 3 nitrogen and oxygen atoms in total. The Bertz CT molecular complexity index is 735. The Labute approximate surface area is 142 Å². The highest BCUT2D eigenvalue weighted by Gasteiger charge is 2.08. The molecule has 0 amide bonds. The molecule has 0 atom stereocenters. The normalized spacial score (nSPS) is 11.1. The Balaban J connectivity index is 1.64. The number of imidazole rings is 1. The van der Waals surface area contributed by atoms with Crippen molar-refractivity contribution < 1.29 is 0 Å². The zero-order valence-electron chi connectivity index (χ0n) is 13.2. The van der Waals surface area contributed by atoms with Crippen LogP contribution in [0.25, 0.3) is 0 Å². The van der Waals surface area contributed by atoms with Crippen molar-refractivity contribution in [1.29, 1.82) is 0 Å². The second-order valence-electron chi connectivity index (χ2n) is 5.76. The third-order valence-electron chi connectivity index (χ3n) is 3.77. The fraction of sp³-hybridized carbons (Fsp3) is 0.211. The summed E-state index contributed by atoms with van der Waals surface area (Å²) in [5, 5.41) is 0.773. The number of rotatable bonds is 6. The van der Waals surface area contributed by atoms with E-state index in [4.69, 9.17) is 11.6 Å². The molecule has 23 heavy (non-hydrogen) atoms. The lowest BCUT2D eigenvalue weighted by molar-refractivity contribution is 0.306. The van der Waals surface area contributed by atoms with E-state index >= 15 is 0 Å². The third-order valence-corrected chi connectivity index (χ3v) is 4.03. The van der Waals surface area contributed by atoms with Crippen LogP contribution in [0.1, 0.15) is 17.0 Å². The highest BCUT2D eigenvalue weighted by atomic mass is 35.5. The van der Waals surface area contributed by atoms with Crippen LogP contribution >= 0.6 is 11.6 Å². The standard InChI is InChI=1S/C19H20ClN3/c1-22(13-17-7-9-18(20)10-8-17)15-19-21-11-12-23(19)14-16-5-3-2-4-6-16/h2-12H,13-15H2,1H3. The molecule has 0 radical (unpaired) electrons. The number of hydrogen-bond acceptors (Lipinski definition) is 2. The lowest BCUT2D eigenvalue weighted by atomic mass is 10.2. The molecule has 0 spiro atoms. The molecule has 1 aromatic heterocycles. The molecule has 3 aromatic rings. The van der Waals surface area contributed by atoms with E-state index in [9.17, 15) is 0 Å². The molecule has 0 fully saturated rings. The minimum absolute atomic E-state index is 0.773. The van der Waals surface area contributed by atoms with E-state index in [0.717, 1.165) is 30.5 Å². The topological polar surface area (TPSA) is 21.1 Å². The molecule has 0 saturated carbocycles. The molecule has 4 heteroatoms. The van der Waals surface area contributed by atoms with Crippen molar-refractivity contribution >= 4 is 11.6 Å². The van der Waals surface area contributed by atoms with Gasteiger partial charge in [0.25, 0.3) is 0 Å². The smallest absolute Gasteiger partial charge is 0.123 e. The Morgan fingerprint density at radius 1 is 0.957 bits per heavy atom. The molecule has 0 unspecified atom stereocenters. The molecule has 2 aromatic carbocycles. The number of aromatic nitrogens is 2. The van der Waals surface area contributed by atoms with Crippen LogP contribution in [-0.4, -0.2) is 21.5 Å². The first-order valence-corrected chi connectivity index (χ1v) is 8.05. The predicted molar refractivity (Wildman–Crippen MR) is 94.4 cm³/mol. The Kier molecular flexibility index (Phi) is 5.11. The molecule has 0 aliphatic heterocycles. The minimum Gasteiger partial charge on any atom is -0.329 e. The van der Waals surface area contributed by atoms with E-state index in [1.54, 1.807) is 0 Å². The summed E-state index contributed by atoms with van der Waals surface area (Å²) in [5.74, 6) is 1.07. The first-order valence-electron chi connectivity index (χ1n) is 7.67. The average Bonchev–Trinajstić information content (AvgIpc) is 2.97. The monoisotopic (exact) mass is 325 g/mol. The van der Waals surface area contributed by atoms with Crippen LogP contribution in [0.4, 0.5) is 0 Å². The summed E-state index contributed by atoms with van der Waals surface area (Å²) in [4.78, 5) is 6.77. The lowest BCUT2D eigenvalue weighted by Crippen LogP contribution is -2.20. The van der Waals surface area contributed by atoms with Gasteiger partial charge in [-0.25, -0.2) is 4.98 Å². The molecular weight excluding hydrogens is 306 g/mol. The second kappa shape index (κ2) is 7.44. The Hall–Kier alpha value is -2.10. The van der Waals surface area contributed by atoms with Crippen LogP contribution in [0, 0.1) is 0 Å². The van der Waals surface area contributed by atoms with Gasteiger partial charge >= 0.3 is 0 Å². The van der Waals surface area contributed by atoms with E-state index in [1.807, 2.05) is 30.6 Å². The van der Waals surface area contributed by atoms with E-state index in [1.165, 1.54) is 11.1 Å². The largest absolute Gasteiger partial charge is 0.329 e. The van der Waals surface area contributed by atoms with Crippen LogP contribution in [0.15, 0.2) is 67.0 Å². The highest BCUT2D eigenvalue weighted by molar-refractivity contribution is 6.30. The Morgan fingerprint density at radius 2 is 1.70 bits per heavy atom. The third kappa shape index (κ3) is 4.44. The van der Waals surface area contributed by atoms with Gasteiger partial charge < -0.3 is 4.57 Å². The van der Waals surface area contributed by atoms with E-state index in [2.05, 4.69) is 57.9 Å². The molecule has 3 rings (SSSR count). The summed E-state index contributed by atoms with van der Waals surface area (Å²) in [6.45, 7) is 2.53. The summed E-state index contributed by atoms with van der Waals surface area (Å²) in [7, 11) is 2.11. The number of hydrogen-bond donors (Lipinski definition) is 0. The van der Waals surface area contributed by atoms with Crippen molar-refractivity contribution in [1.82, 2.24) is 14.5 Å². The first-order chi connectivity index (χ1) is 11.2. The number of nitrogens with zero attached hydrogens (tertiary/aromatic N) is 3. The summed E-state index contributed by atoms with van der Waals surface area (Å²) in [5.41, 5.74) is 2.53. The van der Waals surface area contributed by atoms with Gasteiger partial charge in [-0.1, -0.05) is 54.1 Å². The maximum absolute atomic E-state index is 5.93. The van der Waals surface area contributed by atoms with E-state index in [0.29, 0.717) is 0 Å². The molecule has 0 bridgehead atoms. The zero-order chi connectivity index (χ0) is 16.1. The van der Waals surface area contributed by atoms with Crippen LogP contribution in [0.2, 0.25) is 5.02 Å². The summed E-state index contributed by atoms with van der Waals surface area (Å²) in [6, 6.07) is 18.4. The van der Waals surface area contributed by atoms with Gasteiger partial charge in [-0.05, 0) is 30.3 Å². The van der Waals surface area contributed by atoms with Gasteiger partial charge in [0.15, 0.2) is 0 Å². The highest BCUT2D eigenvalue weighted by Crippen LogP contribution is 2.13. The van der Waals surface area contributed by atoms with Gasteiger partial charge in [0.2, 0.25) is 0 Å². The van der Waals surface area contributed by atoms with Gasteiger partial charge in [0, 0.05) is 30.5 Å². The first kappa shape index (κ1) is 15.8. The van der Waals surface area contributed by atoms with Gasteiger partial charge in [-0.15, -0.1) is 0 Å². The molecule has 0 aliphatic rings. The summed E-state index contributed by atoms with van der Waals surface area (Å²) in [6.07, 6.45) is 3.91. The maximum atomic E-state index is 5.93.